The van der Waals surface area contributed by atoms with Crippen LogP contribution in [0, 0.1) is 11.3 Å². The molecule has 2 rings (SSSR count). The molecule has 0 spiro atoms. The molecule has 0 aliphatic rings. The summed E-state index contributed by atoms with van der Waals surface area (Å²) in [6, 6.07) is 10.3. The van der Waals surface area contributed by atoms with E-state index in [4.69, 9.17) is 5.26 Å². The van der Waals surface area contributed by atoms with E-state index in [9.17, 15) is 0 Å². The summed E-state index contributed by atoms with van der Waals surface area (Å²) in [5.41, 5.74) is 2.17. The molecule has 0 N–H and O–H groups in total. The highest BCUT2D eigenvalue weighted by atomic mass is 15.1. The molecule has 3 heteroatoms. The van der Waals surface area contributed by atoms with Crippen molar-refractivity contribution < 1.29 is 0 Å². The van der Waals surface area contributed by atoms with Gasteiger partial charge < -0.3 is 4.57 Å². The number of hydrogen-bond donors (Lipinski definition) is 0. The number of aryl methyl sites for hydroxylation is 2. The summed E-state index contributed by atoms with van der Waals surface area (Å²) < 4.78 is 2.17. The van der Waals surface area contributed by atoms with Crippen molar-refractivity contribution in [3.63, 3.8) is 0 Å². The summed E-state index contributed by atoms with van der Waals surface area (Å²) in [7, 11) is 0. The number of rotatable bonds is 4. The van der Waals surface area contributed by atoms with E-state index in [0.29, 0.717) is 6.42 Å². The Bertz CT molecular complexity index is 519. The number of benzene rings is 1. The Kier molecular flexibility index (Phi) is 3.21. The highest BCUT2D eigenvalue weighted by Crippen LogP contribution is 2.17. The number of hydrogen-bond acceptors (Lipinski definition) is 2. The summed E-state index contributed by atoms with van der Waals surface area (Å²) >= 11 is 0. The summed E-state index contributed by atoms with van der Waals surface area (Å²) in [6.07, 6.45) is 2.59. The molecule has 1 aromatic carbocycles. The lowest BCUT2D eigenvalue weighted by molar-refractivity contribution is 0.671. The van der Waals surface area contributed by atoms with Gasteiger partial charge in [0.15, 0.2) is 0 Å². The second-order valence-corrected chi connectivity index (χ2v) is 3.83. The minimum atomic E-state index is 0.539. The van der Waals surface area contributed by atoms with Gasteiger partial charge in [-0.1, -0.05) is 19.1 Å². The van der Waals surface area contributed by atoms with Gasteiger partial charge >= 0.3 is 0 Å². The molecule has 3 nitrogen and oxygen atoms in total. The van der Waals surface area contributed by atoms with Gasteiger partial charge in [0.25, 0.3) is 0 Å². The van der Waals surface area contributed by atoms with Crippen LogP contribution in [0.4, 0.5) is 0 Å². The summed E-state index contributed by atoms with van der Waals surface area (Å²) in [5.74, 6) is 1.10. The van der Waals surface area contributed by atoms with Gasteiger partial charge in [-0.05, 0) is 18.6 Å². The smallest absolute Gasteiger partial charge is 0.109 e. The standard InChI is InChI=1S/C13H15N3/c1-2-6-13-15-11-7-3-4-8-12(11)16(13)10-5-9-14/h3-4,7-8H,2,5-6,10H2,1H3. The van der Waals surface area contributed by atoms with Crippen LogP contribution < -0.4 is 0 Å². The van der Waals surface area contributed by atoms with Gasteiger partial charge in [0.1, 0.15) is 5.82 Å². The van der Waals surface area contributed by atoms with Crippen molar-refractivity contribution in [2.24, 2.45) is 0 Å². The second-order valence-electron chi connectivity index (χ2n) is 3.83. The van der Waals surface area contributed by atoms with E-state index < -0.39 is 0 Å². The van der Waals surface area contributed by atoms with Gasteiger partial charge in [-0.15, -0.1) is 0 Å². The first-order valence-corrected chi connectivity index (χ1v) is 5.68. The SMILES string of the molecule is CCCc1nc2ccccc2n1CCC#N. The zero-order valence-electron chi connectivity index (χ0n) is 9.48. The van der Waals surface area contributed by atoms with Gasteiger partial charge in [0.2, 0.25) is 0 Å². The Hall–Kier alpha value is -1.82. The van der Waals surface area contributed by atoms with Crippen molar-refractivity contribution in [1.82, 2.24) is 9.55 Å². The Morgan fingerprint density at radius 3 is 2.94 bits per heavy atom. The van der Waals surface area contributed by atoms with E-state index in [1.54, 1.807) is 0 Å². The third-order valence-corrected chi connectivity index (χ3v) is 2.65. The first kappa shape index (κ1) is 10.7. The van der Waals surface area contributed by atoms with Gasteiger partial charge in [-0.3, -0.25) is 0 Å². The predicted octanol–water partition coefficient (Wildman–Crippen LogP) is 2.90. The minimum Gasteiger partial charge on any atom is -0.327 e. The van der Waals surface area contributed by atoms with Crippen molar-refractivity contribution in [2.75, 3.05) is 0 Å². The fourth-order valence-corrected chi connectivity index (χ4v) is 1.95. The van der Waals surface area contributed by atoms with Crippen LogP contribution >= 0.6 is 0 Å². The molecular formula is C13H15N3. The molecule has 0 atom stereocenters. The normalized spacial score (nSPS) is 10.5. The van der Waals surface area contributed by atoms with Gasteiger partial charge in [-0.2, -0.15) is 5.26 Å². The summed E-state index contributed by atoms with van der Waals surface area (Å²) in [6.45, 7) is 2.89. The van der Waals surface area contributed by atoms with Crippen LogP contribution in [-0.2, 0) is 13.0 Å². The monoisotopic (exact) mass is 213 g/mol. The Morgan fingerprint density at radius 2 is 2.19 bits per heavy atom. The Balaban J connectivity index is 2.47. The predicted molar refractivity (Wildman–Crippen MR) is 64.0 cm³/mol. The van der Waals surface area contributed by atoms with Crippen LogP contribution in [-0.4, -0.2) is 9.55 Å². The topological polar surface area (TPSA) is 41.6 Å². The molecule has 1 aromatic heterocycles. The van der Waals surface area contributed by atoms with Crippen LogP contribution in [0.5, 0.6) is 0 Å². The summed E-state index contributed by atoms with van der Waals surface area (Å²) in [4.78, 5) is 4.61. The van der Waals surface area contributed by atoms with Crippen LogP contribution in [0.1, 0.15) is 25.6 Å². The van der Waals surface area contributed by atoms with Crippen LogP contribution in [0.15, 0.2) is 24.3 Å². The van der Waals surface area contributed by atoms with Crippen molar-refractivity contribution in [1.29, 1.82) is 5.26 Å². The van der Waals surface area contributed by atoms with Crippen molar-refractivity contribution in [3.8, 4) is 6.07 Å². The lowest BCUT2D eigenvalue weighted by atomic mass is 10.3. The van der Waals surface area contributed by atoms with Gasteiger partial charge in [0.05, 0.1) is 23.5 Å². The molecule has 0 amide bonds. The van der Waals surface area contributed by atoms with E-state index in [2.05, 4.69) is 28.6 Å². The lowest BCUT2D eigenvalue weighted by Gasteiger charge is -2.05. The molecule has 82 valence electrons. The number of aromatic nitrogens is 2. The Morgan fingerprint density at radius 1 is 1.38 bits per heavy atom. The van der Waals surface area contributed by atoms with Crippen LogP contribution in [0.2, 0.25) is 0 Å². The fourth-order valence-electron chi connectivity index (χ4n) is 1.95. The molecule has 0 unspecified atom stereocenters. The average Bonchev–Trinajstić information content (AvgIpc) is 2.65. The van der Waals surface area contributed by atoms with Gasteiger partial charge in [-0.25, -0.2) is 4.98 Å². The van der Waals surface area contributed by atoms with Gasteiger partial charge in [0, 0.05) is 13.0 Å². The number of nitrogens with zero attached hydrogens (tertiary/aromatic N) is 3. The molecule has 0 fully saturated rings. The Labute approximate surface area is 95.3 Å². The highest BCUT2D eigenvalue weighted by molar-refractivity contribution is 5.75. The maximum atomic E-state index is 8.67. The van der Waals surface area contributed by atoms with Crippen molar-refractivity contribution in [3.05, 3.63) is 30.1 Å². The molecule has 0 aliphatic carbocycles. The zero-order valence-corrected chi connectivity index (χ0v) is 9.48. The molecule has 0 saturated heterocycles. The van der Waals surface area contributed by atoms with E-state index in [0.717, 1.165) is 36.2 Å². The molecule has 0 bridgehead atoms. The highest BCUT2D eigenvalue weighted by Gasteiger charge is 2.08. The van der Waals surface area contributed by atoms with E-state index in [1.807, 2.05) is 18.2 Å². The van der Waals surface area contributed by atoms with Crippen molar-refractivity contribution in [2.45, 2.75) is 32.7 Å². The first-order valence-electron chi connectivity index (χ1n) is 5.68. The molecule has 0 saturated carbocycles. The van der Waals surface area contributed by atoms with E-state index in [1.165, 1.54) is 0 Å². The van der Waals surface area contributed by atoms with Crippen LogP contribution in [0.3, 0.4) is 0 Å². The third-order valence-electron chi connectivity index (χ3n) is 2.65. The molecular weight excluding hydrogens is 198 g/mol. The lowest BCUT2D eigenvalue weighted by Crippen LogP contribution is -2.03. The molecule has 0 radical (unpaired) electrons. The number of nitriles is 1. The molecule has 2 aromatic rings. The number of fused-ring (bicyclic) bond motifs is 1. The molecule has 16 heavy (non-hydrogen) atoms. The van der Waals surface area contributed by atoms with E-state index in [-0.39, 0.29) is 0 Å². The molecule has 1 heterocycles. The van der Waals surface area contributed by atoms with Crippen LogP contribution in [0.25, 0.3) is 11.0 Å². The first-order chi connectivity index (χ1) is 7.86. The summed E-state index contributed by atoms with van der Waals surface area (Å²) in [5, 5.41) is 8.67. The largest absolute Gasteiger partial charge is 0.327 e. The molecule has 0 aliphatic heterocycles. The minimum absolute atomic E-state index is 0.539. The average molecular weight is 213 g/mol. The number of imidazole rings is 1. The maximum Gasteiger partial charge on any atom is 0.109 e. The second kappa shape index (κ2) is 4.80. The van der Waals surface area contributed by atoms with Crippen molar-refractivity contribution >= 4 is 11.0 Å². The van der Waals surface area contributed by atoms with E-state index >= 15 is 0 Å². The maximum absolute atomic E-state index is 8.67. The number of para-hydroxylation sites is 2. The fraction of sp³-hybridized carbons (Fsp3) is 0.385. The zero-order chi connectivity index (χ0) is 11.4. The third kappa shape index (κ3) is 1.92. The quantitative estimate of drug-likeness (QED) is 0.783.